The average molecular weight is 251 g/mol. The third kappa shape index (κ3) is 2.87. The van der Waals surface area contributed by atoms with E-state index in [0.717, 1.165) is 23.1 Å². The van der Waals surface area contributed by atoms with E-state index in [2.05, 4.69) is 53.2 Å². The monoisotopic (exact) mass is 251 g/mol. The van der Waals surface area contributed by atoms with E-state index in [0.29, 0.717) is 6.04 Å². The highest BCUT2D eigenvalue weighted by atomic mass is 32.1. The number of imidazole rings is 1. The molecule has 0 aromatic carbocycles. The summed E-state index contributed by atoms with van der Waals surface area (Å²) < 4.78 is 2.09. The largest absolute Gasteiger partial charge is 0.308 e. The van der Waals surface area contributed by atoms with Gasteiger partial charge < -0.3 is 5.32 Å². The van der Waals surface area contributed by atoms with E-state index in [1.54, 1.807) is 11.3 Å². The molecule has 0 aliphatic rings. The average Bonchev–Trinajstić information content (AvgIpc) is 2.88. The van der Waals surface area contributed by atoms with Crippen molar-refractivity contribution in [3.05, 3.63) is 23.5 Å². The highest BCUT2D eigenvalue weighted by Crippen LogP contribution is 2.14. The molecule has 4 heteroatoms. The molecule has 0 aliphatic carbocycles. The van der Waals surface area contributed by atoms with Crippen LogP contribution >= 0.6 is 11.3 Å². The topological polar surface area (TPSA) is 29.3 Å². The Balaban J connectivity index is 1.91. The third-order valence-electron chi connectivity index (χ3n) is 3.50. The van der Waals surface area contributed by atoms with Crippen LogP contribution in [0, 0.1) is 5.92 Å². The quantitative estimate of drug-likeness (QED) is 0.853. The Morgan fingerprint density at radius 2 is 2.18 bits per heavy atom. The lowest BCUT2D eigenvalue weighted by Gasteiger charge is -2.22. The number of hydrogen-bond donors (Lipinski definition) is 1. The lowest BCUT2D eigenvalue weighted by molar-refractivity contribution is 0.352. The van der Waals surface area contributed by atoms with Crippen LogP contribution in [0.3, 0.4) is 0 Å². The maximum atomic E-state index is 4.57. The first-order valence-corrected chi connectivity index (χ1v) is 7.27. The number of fused-ring (bicyclic) bond motifs is 1. The highest BCUT2D eigenvalue weighted by Gasteiger charge is 2.13. The maximum absolute atomic E-state index is 4.57. The molecule has 2 rings (SSSR count). The minimum atomic E-state index is 0.560. The van der Waals surface area contributed by atoms with Gasteiger partial charge in [0.25, 0.3) is 0 Å². The Kier molecular flexibility index (Phi) is 4.18. The molecule has 94 valence electrons. The molecule has 17 heavy (non-hydrogen) atoms. The zero-order valence-corrected chi connectivity index (χ0v) is 11.6. The molecule has 3 nitrogen and oxygen atoms in total. The van der Waals surface area contributed by atoms with Crippen molar-refractivity contribution in [3.8, 4) is 0 Å². The fourth-order valence-corrected chi connectivity index (χ4v) is 3.01. The summed E-state index contributed by atoms with van der Waals surface area (Å²) in [6.07, 6.45) is 6.64. The summed E-state index contributed by atoms with van der Waals surface area (Å²) >= 11 is 1.68. The van der Waals surface area contributed by atoms with Gasteiger partial charge in [0.1, 0.15) is 0 Å². The van der Waals surface area contributed by atoms with Gasteiger partial charge in [-0.15, -0.1) is 11.3 Å². The van der Waals surface area contributed by atoms with E-state index >= 15 is 0 Å². The number of rotatable bonds is 6. The van der Waals surface area contributed by atoms with Crippen molar-refractivity contribution >= 4 is 16.3 Å². The van der Waals surface area contributed by atoms with E-state index in [1.807, 2.05) is 0 Å². The smallest absolute Gasteiger partial charge is 0.193 e. The second-order valence-corrected chi connectivity index (χ2v) is 5.44. The van der Waals surface area contributed by atoms with Crippen LogP contribution in [0.1, 0.15) is 39.3 Å². The number of aromatic nitrogens is 2. The third-order valence-corrected chi connectivity index (χ3v) is 4.27. The Morgan fingerprint density at radius 3 is 2.82 bits per heavy atom. The van der Waals surface area contributed by atoms with E-state index in [4.69, 9.17) is 0 Å². The fourth-order valence-electron chi connectivity index (χ4n) is 2.29. The van der Waals surface area contributed by atoms with Gasteiger partial charge in [0, 0.05) is 30.4 Å². The van der Waals surface area contributed by atoms with Crippen LogP contribution in [0.2, 0.25) is 0 Å². The summed E-state index contributed by atoms with van der Waals surface area (Å²) in [7, 11) is 0. The molecule has 0 saturated carbocycles. The Morgan fingerprint density at radius 1 is 1.41 bits per heavy atom. The first-order chi connectivity index (χ1) is 8.24. The van der Waals surface area contributed by atoms with Gasteiger partial charge in [-0.3, -0.25) is 4.40 Å². The van der Waals surface area contributed by atoms with Crippen LogP contribution in [0.5, 0.6) is 0 Å². The summed E-state index contributed by atoms with van der Waals surface area (Å²) in [6.45, 7) is 7.67. The molecule has 2 aromatic heterocycles. The van der Waals surface area contributed by atoms with E-state index in [9.17, 15) is 0 Å². The molecule has 0 saturated heterocycles. The van der Waals surface area contributed by atoms with Gasteiger partial charge in [-0.25, -0.2) is 4.98 Å². The van der Waals surface area contributed by atoms with Crippen molar-refractivity contribution < 1.29 is 0 Å². The van der Waals surface area contributed by atoms with E-state index in [1.165, 1.54) is 12.8 Å². The van der Waals surface area contributed by atoms with Crippen LogP contribution in [0.4, 0.5) is 0 Å². The molecule has 1 unspecified atom stereocenters. The second-order valence-electron chi connectivity index (χ2n) is 4.57. The van der Waals surface area contributed by atoms with Gasteiger partial charge in [0.15, 0.2) is 4.96 Å². The summed E-state index contributed by atoms with van der Waals surface area (Å²) in [5, 5.41) is 5.64. The first-order valence-electron chi connectivity index (χ1n) is 6.39. The predicted molar refractivity (Wildman–Crippen MR) is 73.4 cm³/mol. The van der Waals surface area contributed by atoms with Gasteiger partial charge in [-0.2, -0.15) is 0 Å². The lowest BCUT2D eigenvalue weighted by atomic mass is 9.95. The van der Waals surface area contributed by atoms with Gasteiger partial charge in [0.05, 0.1) is 5.69 Å². The van der Waals surface area contributed by atoms with Crippen molar-refractivity contribution in [2.45, 2.75) is 46.2 Å². The number of nitrogens with one attached hydrogen (secondary N) is 1. The minimum Gasteiger partial charge on any atom is -0.308 e. The van der Waals surface area contributed by atoms with Crippen LogP contribution in [0.15, 0.2) is 17.8 Å². The van der Waals surface area contributed by atoms with Gasteiger partial charge in [-0.05, 0) is 12.8 Å². The zero-order valence-electron chi connectivity index (χ0n) is 10.8. The molecule has 0 spiro atoms. The molecular weight excluding hydrogens is 230 g/mol. The number of hydrogen-bond acceptors (Lipinski definition) is 3. The predicted octanol–water partition coefficient (Wildman–Crippen LogP) is 3.31. The van der Waals surface area contributed by atoms with Gasteiger partial charge in [0.2, 0.25) is 0 Å². The SMILES string of the molecule is CCC(CC)C(C)NCc1cn2ccsc2n1. The second kappa shape index (κ2) is 5.65. The molecule has 0 bridgehead atoms. The van der Waals surface area contributed by atoms with Crippen molar-refractivity contribution in [2.24, 2.45) is 5.92 Å². The summed E-state index contributed by atoms with van der Waals surface area (Å²) in [6, 6.07) is 0.560. The molecule has 0 fully saturated rings. The van der Waals surface area contributed by atoms with Crippen molar-refractivity contribution in [3.63, 3.8) is 0 Å². The van der Waals surface area contributed by atoms with Crippen molar-refractivity contribution in [1.82, 2.24) is 14.7 Å². The van der Waals surface area contributed by atoms with Crippen LogP contribution in [-0.2, 0) is 6.54 Å². The summed E-state index contributed by atoms with van der Waals surface area (Å²) in [5.74, 6) is 0.763. The van der Waals surface area contributed by atoms with Crippen LogP contribution in [-0.4, -0.2) is 15.4 Å². The Labute approximate surface area is 107 Å². The molecule has 2 aromatic rings. The normalized spacial score (nSPS) is 13.6. The highest BCUT2D eigenvalue weighted by molar-refractivity contribution is 7.15. The van der Waals surface area contributed by atoms with Crippen molar-refractivity contribution in [1.29, 1.82) is 0 Å². The summed E-state index contributed by atoms with van der Waals surface area (Å²) in [4.78, 5) is 5.66. The Bertz CT molecular complexity index is 427. The molecule has 1 atom stereocenters. The number of thiazole rings is 1. The molecule has 0 amide bonds. The van der Waals surface area contributed by atoms with Crippen LogP contribution < -0.4 is 5.32 Å². The maximum Gasteiger partial charge on any atom is 0.193 e. The fraction of sp³-hybridized carbons (Fsp3) is 0.615. The van der Waals surface area contributed by atoms with E-state index in [-0.39, 0.29) is 0 Å². The zero-order chi connectivity index (χ0) is 12.3. The molecular formula is C13H21N3S. The van der Waals surface area contributed by atoms with Gasteiger partial charge >= 0.3 is 0 Å². The van der Waals surface area contributed by atoms with E-state index < -0.39 is 0 Å². The molecule has 0 aliphatic heterocycles. The molecule has 1 N–H and O–H groups in total. The van der Waals surface area contributed by atoms with Crippen molar-refractivity contribution in [2.75, 3.05) is 0 Å². The molecule has 2 heterocycles. The standard InChI is InChI=1S/C13H21N3S/c1-4-11(5-2)10(3)14-8-12-9-16-6-7-17-13(16)15-12/h6-7,9-11,14H,4-5,8H2,1-3H3. The van der Waals surface area contributed by atoms with Gasteiger partial charge in [-0.1, -0.05) is 26.7 Å². The van der Waals surface area contributed by atoms with Crippen LogP contribution in [0.25, 0.3) is 4.96 Å². The number of nitrogens with zero attached hydrogens (tertiary/aromatic N) is 2. The first kappa shape index (κ1) is 12.6. The summed E-state index contributed by atoms with van der Waals surface area (Å²) in [5.41, 5.74) is 1.13. The molecule has 0 radical (unpaired) electrons. The lowest BCUT2D eigenvalue weighted by Crippen LogP contribution is -2.32. The minimum absolute atomic E-state index is 0.560. The Hall–Kier alpha value is -0.870.